The Morgan fingerprint density at radius 2 is 1.67 bits per heavy atom. The first kappa shape index (κ1) is 29.8. The first-order valence-corrected chi connectivity index (χ1v) is 13.7. The highest BCUT2D eigenvalue weighted by atomic mass is 16.6. The zero-order chi connectivity index (χ0) is 30.7. The number of benzene rings is 2. The first-order chi connectivity index (χ1) is 20.7. The van der Waals surface area contributed by atoms with Gasteiger partial charge < -0.3 is 24.8 Å². The second-order valence-electron chi connectivity index (χ2n) is 10.4. The number of aliphatic hydroxyl groups is 1. The Balaban J connectivity index is 1.09. The quantitative estimate of drug-likeness (QED) is 0.261. The molecule has 0 radical (unpaired) electrons. The Labute approximate surface area is 246 Å². The smallest absolute Gasteiger partial charge is 0.351 e. The van der Waals surface area contributed by atoms with Crippen LogP contribution >= 0.6 is 0 Å². The normalized spacial score (nSPS) is 21.1. The molecule has 13 heteroatoms. The van der Waals surface area contributed by atoms with Crippen molar-refractivity contribution in [1.29, 1.82) is 0 Å². The molecule has 2 N–H and O–H groups in total. The number of carbonyl (C=O) groups is 4. The number of likely N-dealkylation sites (N-methyl/N-ethyl adjacent to an activating group) is 1. The fourth-order valence-electron chi connectivity index (χ4n) is 4.90. The van der Waals surface area contributed by atoms with Gasteiger partial charge in [-0.15, -0.1) is 0 Å². The Hall–Kier alpha value is -4.72. The minimum absolute atomic E-state index is 0.0668. The van der Waals surface area contributed by atoms with Gasteiger partial charge in [-0.05, 0) is 30.3 Å². The number of nitrogens with one attached hydrogen (secondary N) is 1. The Bertz CT molecular complexity index is 1560. The molecule has 1 aromatic heterocycles. The van der Waals surface area contributed by atoms with Crippen molar-refractivity contribution in [2.24, 2.45) is 5.92 Å². The molecular formula is C30H31N5O8. The van der Waals surface area contributed by atoms with Crippen molar-refractivity contribution < 1.29 is 33.8 Å². The number of aliphatic hydroxyl groups excluding tert-OH is 1. The van der Waals surface area contributed by atoms with E-state index in [4.69, 9.17) is 9.47 Å². The van der Waals surface area contributed by atoms with Crippen LogP contribution in [0.1, 0.15) is 44.2 Å². The summed E-state index contributed by atoms with van der Waals surface area (Å²) >= 11 is 0. The van der Waals surface area contributed by atoms with Gasteiger partial charge in [0, 0.05) is 31.3 Å². The molecule has 0 saturated carbocycles. The number of ether oxygens (including phenoxy) is 2. The summed E-state index contributed by atoms with van der Waals surface area (Å²) < 4.78 is 12.8. The highest BCUT2D eigenvalue weighted by Crippen LogP contribution is 2.33. The molecule has 3 aromatic rings. The highest BCUT2D eigenvalue weighted by molar-refractivity contribution is 6.22. The van der Waals surface area contributed by atoms with Gasteiger partial charge in [0.1, 0.15) is 18.5 Å². The van der Waals surface area contributed by atoms with Gasteiger partial charge in [0.05, 0.1) is 30.4 Å². The minimum Gasteiger partial charge on any atom is -0.388 e. The van der Waals surface area contributed by atoms with Crippen LogP contribution in [0.4, 0.5) is 5.82 Å². The SMILES string of the molecule is CC1[C@@H](COCCN(C)C(=O)CN2C(=O)c3ccccc3C2=O)O[C@@H](n2ccc(NC(=O)c3ccccc3)nc2=O)[C@H]1O. The van der Waals surface area contributed by atoms with E-state index in [1.54, 1.807) is 68.6 Å². The molecule has 0 spiro atoms. The number of rotatable bonds is 10. The van der Waals surface area contributed by atoms with Gasteiger partial charge in [0.2, 0.25) is 5.91 Å². The number of carbonyl (C=O) groups excluding carboxylic acids is 4. The molecular weight excluding hydrogens is 558 g/mol. The molecule has 1 unspecified atom stereocenters. The van der Waals surface area contributed by atoms with Crippen LogP contribution < -0.4 is 11.0 Å². The summed E-state index contributed by atoms with van der Waals surface area (Å²) in [5.74, 6) is -2.15. The number of fused-ring (bicyclic) bond motifs is 1. The molecule has 2 aliphatic rings. The Kier molecular flexibility index (Phi) is 8.76. The molecule has 2 aromatic carbocycles. The average molecular weight is 590 g/mol. The third-order valence-corrected chi connectivity index (χ3v) is 7.56. The van der Waals surface area contributed by atoms with Crippen LogP contribution in [0.15, 0.2) is 71.7 Å². The number of anilines is 1. The van der Waals surface area contributed by atoms with E-state index in [1.165, 1.54) is 17.2 Å². The van der Waals surface area contributed by atoms with Gasteiger partial charge in [0.25, 0.3) is 17.7 Å². The van der Waals surface area contributed by atoms with Crippen molar-refractivity contribution in [3.8, 4) is 0 Å². The van der Waals surface area contributed by atoms with Gasteiger partial charge in [-0.25, -0.2) is 4.79 Å². The van der Waals surface area contributed by atoms with Gasteiger partial charge in [-0.2, -0.15) is 4.98 Å². The third-order valence-electron chi connectivity index (χ3n) is 7.56. The van der Waals surface area contributed by atoms with Crippen LogP contribution in [0, 0.1) is 5.92 Å². The van der Waals surface area contributed by atoms with Gasteiger partial charge in [-0.1, -0.05) is 37.3 Å². The summed E-state index contributed by atoms with van der Waals surface area (Å²) in [5, 5.41) is 13.4. The number of nitrogens with zero attached hydrogens (tertiary/aromatic N) is 4. The van der Waals surface area contributed by atoms with Crippen LogP contribution in [0.3, 0.4) is 0 Å². The maximum atomic E-state index is 12.7. The summed E-state index contributed by atoms with van der Waals surface area (Å²) in [6, 6.07) is 16.4. The number of aromatic nitrogens is 2. The monoisotopic (exact) mass is 589 g/mol. The maximum Gasteiger partial charge on any atom is 0.351 e. The van der Waals surface area contributed by atoms with Crippen LogP contribution in [-0.2, 0) is 14.3 Å². The van der Waals surface area contributed by atoms with Crippen LogP contribution in [0.5, 0.6) is 0 Å². The van der Waals surface area contributed by atoms with Crippen molar-refractivity contribution in [3.05, 3.63) is 94.0 Å². The van der Waals surface area contributed by atoms with Gasteiger partial charge >= 0.3 is 5.69 Å². The second-order valence-corrected chi connectivity index (χ2v) is 10.4. The molecule has 5 rings (SSSR count). The average Bonchev–Trinajstić information content (AvgIpc) is 3.42. The summed E-state index contributed by atoms with van der Waals surface area (Å²) in [6.45, 7) is 1.80. The van der Waals surface area contributed by atoms with Crippen molar-refractivity contribution in [2.45, 2.75) is 25.4 Å². The van der Waals surface area contributed by atoms with Gasteiger partial charge in [0.15, 0.2) is 6.23 Å². The van der Waals surface area contributed by atoms with E-state index >= 15 is 0 Å². The lowest BCUT2D eigenvalue weighted by Gasteiger charge is -2.21. The lowest BCUT2D eigenvalue weighted by molar-refractivity contribution is -0.131. The Morgan fingerprint density at radius 3 is 2.33 bits per heavy atom. The summed E-state index contributed by atoms with van der Waals surface area (Å²) in [7, 11) is 1.55. The standard InChI is InChI=1S/C30H31N5O8/c1-18-22(17-42-15-14-33(2)24(36)16-35-27(39)20-10-6-7-11-21(20)28(35)40)43-29(25(18)37)34-13-12-23(32-30(34)41)31-26(38)19-8-4-3-5-9-19/h3-13,18,22,25,29,37H,14-17H2,1-2H3,(H,31,32,38,41)/t18?,22-,25+,29-/m1/s1. The summed E-state index contributed by atoms with van der Waals surface area (Å²) in [4.78, 5) is 69.0. The predicted molar refractivity (Wildman–Crippen MR) is 152 cm³/mol. The van der Waals surface area contributed by atoms with E-state index in [9.17, 15) is 29.1 Å². The second kappa shape index (κ2) is 12.7. The predicted octanol–water partition coefficient (Wildman–Crippen LogP) is 1.16. The zero-order valence-corrected chi connectivity index (χ0v) is 23.6. The molecule has 0 aliphatic carbocycles. The molecule has 2 aliphatic heterocycles. The van der Waals surface area contributed by atoms with Crippen LogP contribution in [0.25, 0.3) is 0 Å². The Morgan fingerprint density at radius 1 is 1.02 bits per heavy atom. The van der Waals surface area contributed by atoms with E-state index < -0.39 is 47.8 Å². The van der Waals surface area contributed by atoms with E-state index in [2.05, 4.69) is 10.3 Å². The largest absolute Gasteiger partial charge is 0.388 e. The molecule has 0 bridgehead atoms. The molecule has 3 heterocycles. The van der Waals surface area contributed by atoms with Crippen molar-refractivity contribution in [2.75, 3.05) is 38.7 Å². The van der Waals surface area contributed by atoms with Gasteiger partial charge in [-0.3, -0.25) is 28.6 Å². The molecule has 224 valence electrons. The highest BCUT2D eigenvalue weighted by Gasteiger charge is 2.42. The van der Waals surface area contributed by atoms with E-state index in [-0.39, 0.29) is 49.2 Å². The van der Waals surface area contributed by atoms with E-state index in [0.717, 1.165) is 9.47 Å². The van der Waals surface area contributed by atoms with Crippen molar-refractivity contribution in [1.82, 2.24) is 19.4 Å². The first-order valence-electron chi connectivity index (χ1n) is 13.7. The zero-order valence-electron chi connectivity index (χ0n) is 23.6. The molecule has 1 fully saturated rings. The molecule has 4 atom stereocenters. The lowest BCUT2D eigenvalue weighted by Crippen LogP contribution is -2.42. The molecule has 1 saturated heterocycles. The van der Waals surface area contributed by atoms with Crippen LogP contribution in [-0.4, -0.2) is 93.6 Å². The van der Waals surface area contributed by atoms with E-state index in [1.807, 2.05) is 0 Å². The molecule has 13 nitrogen and oxygen atoms in total. The number of amides is 4. The van der Waals surface area contributed by atoms with E-state index in [0.29, 0.717) is 5.56 Å². The fraction of sp³-hybridized carbons (Fsp3) is 0.333. The summed E-state index contributed by atoms with van der Waals surface area (Å²) in [6.07, 6.45) is -1.19. The number of hydrogen-bond donors (Lipinski definition) is 2. The van der Waals surface area contributed by atoms with Crippen molar-refractivity contribution in [3.63, 3.8) is 0 Å². The third kappa shape index (κ3) is 6.23. The van der Waals surface area contributed by atoms with Crippen molar-refractivity contribution >= 4 is 29.4 Å². The fourth-order valence-corrected chi connectivity index (χ4v) is 4.90. The maximum absolute atomic E-state index is 12.7. The summed E-state index contributed by atoms with van der Waals surface area (Å²) in [5.41, 5.74) is 0.266. The molecule has 4 amide bonds. The number of hydrogen-bond acceptors (Lipinski definition) is 9. The topological polar surface area (TPSA) is 160 Å². The lowest BCUT2D eigenvalue weighted by atomic mass is 10.0. The van der Waals surface area contributed by atoms with Crippen LogP contribution in [0.2, 0.25) is 0 Å². The number of imide groups is 1. The minimum atomic E-state index is -1.03. The molecule has 43 heavy (non-hydrogen) atoms.